The van der Waals surface area contributed by atoms with Crippen LogP contribution in [0.1, 0.15) is 20.3 Å². The van der Waals surface area contributed by atoms with Gasteiger partial charge in [-0.2, -0.15) is 15.1 Å². The molecule has 0 bridgehead atoms. The quantitative estimate of drug-likeness (QED) is 0.899. The molecule has 7 nitrogen and oxygen atoms in total. The maximum Gasteiger partial charge on any atom is 0.229 e. The predicted octanol–water partition coefficient (Wildman–Crippen LogP) is 1.33. The number of aryl methyl sites for hydroxylation is 1. The zero-order valence-corrected chi connectivity index (χ0v) is 13.7. The van der Waals surface area contributed by atoms with Crippen molar-refractivity contribution in [2.45, 2.75) is 20.3 Å². The van der Waals surface area contributed by atoms with Crippen molar-refractivity contribution >= 4 is 22.8 Å². The Kier molecular flexibility index (Phi) is 4.42. The van der Waals surface area contributed by atoms with Crippen molar-refractivity contribution in [3.05, 3.63) is 6.20 Å². The first-order valence-corrected chi connectivity index (χ1v) is 8.13. The number of hydrogen-bond donors (Lipinski definition) is 1. The lowest BCUT2D eigenvalue weighted by atomic mass is 10.3. The molecule has 1 aliphatic rings. The van der Waals surface area contributed by atoms with Crippen LogP contribution in [0, 0.1) is 0 Å². The second-order valence-corrected chi connectivity index (χ2v) is 5.73. The summed E-state index contributed by atoms with van der Waals surface area (Å²) in [5.74, 6) is 1.71. The molecule has 2 aromatic heterocycles. The van der Waals surface area contributed by atoms with E-state index in [0.29, 0.717) is 0 Å². The second-order valence-electron chi connectivity index (χ2n) is 5.73. The van der Waals surface area contributed by atoms with E-state index < -0.39 is 0 Å². The lowest BCUT2D eigenvalue weighted by Crippen LogP contribution is -2.46. The molecule has 0 radical (unpaired) electrons. The van der Waals surface area contributed by atoms with E-state index in [4.69, 9.17) is 9.97 Å². The molecule has 0 spiro atoms. The molecular formula is C15H25N7. The van der Waals surface area contributed by atoms with Gasteiger partial charge in [-0.25, -0.2) is 0 Å². The summed E-state index contributed by atoms with van der Waals surface area (Å²) in [5.41, 5.74) is 0.890. The molecule has 1 aliphatic heterocycles. The molecule has 1 fully saturated rings. The Labute approximate surface area is 131 Å². The topological polar surface area (TPSA) is 62.1 Å². The first-order chi connectivity index (χ1) is 10.7. The average molecular weight is 303 g/mol. The molecule has 0 amide bonds. The first-order valence-electron chi connectivity index (χ1n) is 8.13. The maximum absolute atomic E-state index is 4.76. The van der Waals surface area contributed by atoms with E-state index in [0.717, 1.165) is 68.5 Å². The van der Waals surface area contributed by atoms with Gasteiger partial charge in [-0.1, -0.05) is 13.8 Å². The van der Waals surface area contributed by atoms with Gasteiger partial charge in [0.2, 0.25) is 5.95 Å². The largest absolute Gasteiger partial charge is 0.369 e. The second kappa shape index (κ2) is 6.48. The summed E-state index contributed by atoms with van der Waals surface area (Å²) >= 11 is 0. The Balaban J connectivity index is 1.90. The van der Waals surface area contributed by atoms with Gasteiger partial charge in [0, 0.05) is 39.8 Å². The molecule has 1 N–H and O–H groups in total. The third-order valence-corrected chi connectivity index (χ3v) is 4.23. The summed E-state index contributed by atoms with van der Waals surface area (Å²) in [5, 5.41) is 8.72. The van der Waals surface area contributed by atoms with Gasteiger partial charge in [0.1, 0.15) is 5.82 Å². The number of piperazine rings is 1. The minimum atomic E-state index is 0.811. The molecule has 2 aromatic rings. The summed E-state index contributed by atoms with van der Waals surface area (Å²) in [6.45, 7) is 10.5. The van der Waals surface area contributed by atoms with E-state index in [2.05, 4.69) is 34.1 Å². The third-order valence-electron chi connectivity index (χ3n) is 4.23. The van der Waals surface area contributed by atoms with Crippen LogP contribution in [0.4, 0.5) is 11.8 Å². The minimum absolute atomic E-state index is 0.811. The molecular weight excluding hydrogens is 278 g/mol. The van der Waals surface area contributed by atoms with Crippen LogP contribution in [0.15, 0.2) is 6.20 Å². The number of aromatic nitrogens is 4. The Morgan fingerprint density at radius 1 is 1.14 bits per heavy atom. The van der Waals surface area contributed by atoms with E-state index in [-0.39, 0.29) is 0 Å². The summed E-state index contributed by atoms with van der Waals surface area (Å²) in [6.07, 6.45) is 2.91. The molecule has 0 aromatic carbocycles. The molecule has 0 saturated carbocycles. The molecule has 1 saturated heterocycles. The highest BCUT2D eigenvalue weighted by molar-refractivity contribution is 5.87. The zero-order valence-electron chi connectivity index (χ0n) is 13.7. The van der Waals surface area contributed by atoms with Crippen LogP contribution in [-0.4, -0.2) is 63.9 Å². The summed E-state index contributed by atoms with van der Waals surface area (Å²) in [7, 11) is 1.93. The molecule has 0 atom stereocenters. The highest BCUT2D eigenvalue weighted by atomic mass is 15.4. The predicted molar refractivity (Wildman–Crippen MR) is 89.4 cm³/mol. The summed E-state index contributed by atoms with van der Waals surface area (Å²) < 4.78 is 1.82. The van der Waals surface area contributed by atoms with E-state index in [1.165, 1.54) is 0 Å². The number of fused-ring (bicyclic) bond motifs is 1. The minimum Gasteiger partial charge on any atom is -0.369 e. The van der Waals surface area contributed by atoms with Crippen molar-refractivity contribution < 1.29 is 0 Å². The number of hydrogen-bond acceptors (Lipinski definition) is 6. The van der Waals surface area contributed by atoms with Crippen molar-refractivity contribution in [3.8, 4) is 0 Å². The monoisotopic (exact) mass is 303 g/mol. The van der Waals surface area contributed by atoms with Gasteiger partial charge in [0.15, 0.2) is 5.65 Å². The third kappa shape index (κ3) is 2.85. The van der Waals surface area contributed by atoms with Gasteiger partial charge < -0.3 is 15.1 Å². The van der Waals surface area contributed by atoms with Crippen LogP contribution in [-0.2, 0) is 7.05 Å². The summed E-state index contributed by atoms with van der Waals surface area (Å²) in [6, 6.07) is 0. The smallest absolute Gasteiger partial charge is 0.229 e. The van der Waals surface area contributed by atoms with Gasteiger partial charge in [-0.05, 0) is 13.0 Å². The van der Waals surface area contributed by atoms with Gasteiger partial charge in [0.25, 0.3) is 0 Å². The Bertz CT molecular complexity index is 628. The maximum atomic E-state index is 4.76. The fourth-order valence-electron chi connectivity index (χ4n) is 2.79. The highest BCUT2D eigenvalue weighted by Gasteiger charge is 2.20. The fraction of sp³-hybridized carbons (Fsp3) is 0.667. The normalized spacial score (nSPS) is 16.4. The molecule has 0 unspecified atom stereocenters. The standard InChI is InChI=1S/C15H25N7/c1-4-6-16-13-12-11-17-20(3)14(12)19-15(18-13)22-9-7-21(5-2)8-10-22/h11H,4-10H2,1-3H3,(H,16,18,19). The van der Waals surface area contributed by atoms with Crippen LogP contribution in [0.2, 0.25) is 0 Å². The first kappa shape index (κ1) is 15.0. The molecule has 0 aliphatic carbocycles. The van der Waals surface area contributed by atoms with Crippen LogP contribution >= 0.6 is 0 Å². The Hall–Kier alpha value is -1.89. The lowest BCUT2D eigenvalue weighted by Gasteiger charge is -2.34. The van der Waals surface area contributed by atoms with Crippen molar-refractivity contribution in [1.82, 2.24) is 24.6 Å². The molecule has 3 rings (SSSR count). The molecule has 22 heavy (non-hydrogen) atoms. The van der Waals surface area contributed by atoms with E-state index >= 15 is 0 Å². The number of likely N-dealkylation sites (N-methyl/N-ethyl adjacent to an activating group) is 1. The number of rotatable bonds is 5. The van der Waals surface area contributed by atoms with Crippen LogP contribution < -0.4 is 10.2 Å². The van der Waals surface area contributed by atoms with Crippen LogP contribution in [0.25, 0.3) is 11.0 Å². The number of nitrogens with zero attached hydrogens (tertiary/aromatic N) is 6. The van der Waals surface area contributed by atoms with Crippen molar-refractivity contribution in [2.75, 3.05) is 49.5 Å². The zero-order chi connectivity index (χ0) is 15.5. The molecule has 120 valence electrons. The average Bonchev–Trinajstić information content (AvgIpc) is 2.94. The van der Waals surface area contributed by atoms with Gasteiger partial charge in [-0.15, -0.1) is 0 Å². The highest BCUT2D eigenvalue weighted by Crippen LogP contribution is 2.23. The SMILES string of the molecule is CCCNc1nc(N2CCN(CC)CC2)nc2c1cnn2C. The van der Waals surface area contributed by atoms with Crippen LogP contribution in [0.5, 0.6) is 0 Å². The Morgan fingerprint density at radius 2 is 1.91 bits per heavy atom. The summed E-state index contributed by atoms with van der Waals surface area (Å²) in [4.78, 5) is 14.2. The van der Waals surface area contributed by atoms with Gasteiger partial charge in [-0.3, -0.25) is 4.68 Å². The van der Waals surface area contributed by atoms with Crippen molar-refractivity contribution in [2.24, 2.45) is 7.05 Å². The van der Waals surface area contributed by atoms with Gasteiger partial charge in [0.05, 0.1) is 11.6 Å². The lowest BCUT2D eigenvalue weighted by molar-refractivity contribution is 0.270. The number of anilines is 2. The van der Waals surface area contributed by atoms with Crippen LogP contribution in [0.3, 0.4) is 0 Å². The molecule has 7 heteroatoms. The Morgan fingerprint density at radius 3 is 2.59 bits per heavy atom. The van der Waals surface area contributed by atoms with E-state index in [9.17, 15) is 0 Å². The van der Waals surface area contributed by atoms with Crippen molar-refractivity contribution in [1.29, 1.82) is 0 Å². The van der Waals surface area contributed by atoms with E-state index in [1.54, 1.807) is 0 Å². The van der Waals surface area contributed by atoms with E-state index in [1.807, 2.05) is 17.9 Å². The molecule has 3 heterocycles. The van der Waals surface area contributed by atoms with Crippen molar-refractivity contribution in [3.63, 3.8) is 0 Å². The number of nitrogens with one attached hydrogen (secondary N) is 1. The fourth-order valence-corrected chi connectivity index (χ4v) is 2.79. The van der Waals surface area contributed by atoms with Gasteiger partial charge >= 0.3 is 0 Å².